The van der Waals surface area contributed by atoms with E-state index in [9.17, 15) is 9.59 Å². The van der Waals surface area contributed by atoms with E-state index in [1.54, 1.807) is 4.90 Å². The zero-order chi connectivity index (χ0) is 20.2. The number of hydrogen-bond donors (Lipinski definition) is 1. The Labute approximate surface area is 174 Å². The third-order valence-electron chi connectivity index (χ3n) is 5.23. The SMILES string of the molecule is Cc1nn(-c2ccccc2)c2c1N(CCCC(=O)NCC1CCCO1)C(=O)CS2. The Hall–Kier alpha value is -2.32. The van der Waals surface area contributed by atoms with Crippen LogP contribution in [-0.4, -0.2) is 53.1 Å². The van der Waals surface area contributed by atoms with Gasteiger partial charge in [-0.25, -0.2) is 4.68 Å². The van der Waals surface area contributed by atoms with Gasteiger partial charge in [-0.2, -0.15) is 5.10 Å². The molecule has 1 N–H and O–H groups in total. The number of thioether (sulfide) groups is 1. The van der Waals surface area contributed by atoms with Crippen molar-refractivity contribution in [3.05, 3.63) is 36.0 Å². The second-order valence-corrected chi connectivity index (χ2v) is 8.33. The highest BCUT2D eigenvalue weighted by molar-refractivity contribution is 8.00. The topological polar surface area (TPSA) is 76.5 Å². The largest absolute Gasteiger partial charge is 0.376 e. The molecule has 154 valence electrons. The van der Waals surface area contributed by atoms with E-state index in [1.165, 1.54) is 11.8 Å². The standard InChI is InChI=1S/C21H26N4O3S/c1-15-20-21(25(23-15)16-7-3-2-4-8-16)29-14-19(27)24(20)11-5-10-18(26)22-13-17-9-6-12-28-17/h2-4,7-8,17H,5-6,9-14H2,1H3,(H,22,26). The van der Waals surface area contributed by atoms with Gasteiger partial charge in [0.15, 0.2) is 0 Å². The molecule has 3 heterocycles. The van der Waals surface area contributed by atoms with E-state index in [4.69, 9.17) is 4.74 Å². The number of hydrogen-bond acceptors (Lipinski definition) is 5. The summed E-state index contributed by atoms with van der Waals surface area (Å²) in [6, 6.07) is 9.94. The van der Waals surface area contributed by atoms with Crippen molar-refractivity contribution >= 4 is 29.3 Å². The van der Waals surface area contributed by atoms with Crippen molar-refractivity contribution in [3.63, 3.8) is 0 Å². The fourth-order valence-corrected chi connectivity index (χ4v) is 4.85. The summed E-state index contributed by atoms with van der Waals surface area (Å²) in [5.41, 5.74) is 2.68. The number of rotatable bonds is 7. The maximum Gasteiger partial charge on any atom is 0.237 e. The summed E-state index contributed by atoms with van der Waals surface area (Å²) in [7, 11) is 0. The van der Waals surface area contributed by atoms with Crippen LogP contribution in [0.25, 0.3) is 5.69 Å². The van der Waals surface area contributed by atoms with Gasteiger partial charge in [-0.05, 0) is 38.3 Å². The third kappa shape index (κ3) is 4.48. The molecule has 4 rings (SSSR count). The van der Waals surface area contributed by atoms with Crippen molar-refractivity contribution in [1.29, 1.82) is 0 Å². The zero-order valence-electron chi connectivity index (χ0n) is 16.6. The van der Waals surface area contributed by atoms with Crippen LogP contribution in [-0.2, 0) is 14.3 Å². The molecule has 7 nitrogen and oxygen atoms in total. The van der Waals surface area contributed by atoms with Gasteiger partial charge in [0.2, 0.25) is 11.8 Å². The van der Waals surface area contributed by atoms with E-state index in [-0.39, 0.29) is 17.9 Å². The molecule has 1 saturated heterocycles. The van der Waals surface area contributed by atoms with Crippen molar-refractivity contribution < 1.29 is 14.3 Å². The fourth-order valence-electron chi connectivity index (χ4n) is 3.77. The van der Waals surface area contributed by atoms with Crippen LogP contribution in [0.5, 0.6) is 0 Å². The Morgan fingerprint density at radius 2 is 2.17 bits per heavy atom. The molecule has 2 aliphatic heterocycles. The number of ether oxygens (including phenoxy) is 1. The molecule has 8 heteroatoms. The van der Waals surface area contributed by atoms with Crippen LogP contribution in [0.2, 0.25) is 0 Å². The lowest BCUT2D eigenvalue weighted by molar-refractivity contribution is -0.122. The summed E-state index contributed by atoms with van der Waals surface area (Å²) < 4.78 is 7.43. The van der Waals surface area contributed by atoms with Gasteiger partial charge in [0.05, 0.1) is 28.9 Å². The molecule has 0 bridgehead atoms. The number of fused-ring (bicyclic) bond motifs is 1. The smallest absolute Gasteiger partial charge is 0.237 e. The number of para-hydroxylation sites is 1. The quantitative estimate of drug-likeness (QED) is 0.754. The highest BCUT2D eigenvalue weighted by atomic mass is 32.2. The number of carbonyl (C=O) groups excluding carboxylic acids is 2. The maximum absolute atomic E-state index is 12.6. The van der Waals surface area contributed by atoms with Crippen LogP contribution in [0.1, 0.15) is 31.4 Å². The van der Waals surface area contributed by atoms with E-state index in [1.807, 2.05) is 41.9 Å². The van der Waals surface area contributed by atoms with Crippen molar-refractivity contribution in [3.8, 4) is 5.69 Å². The van der Waals surface area contributed by atoms with Crippen LogP contribution in [0.3, 0.4) is 0 Å². The molecule has 2 aromatic rings. The van der Waals surface area contributed by atoms with E-state index in [0.29, 0.717) is 31.7 Å². The van der Waals surface area contributed by atoms with Crippen LogP contribution >= 0.6 is 11.8 Å². The third-order valence-corrected chi connectivity index (χ3v) is 6.26. The fraction of sp³-hybridized carbons (Fsp3) is 0.476. The first kappa shape index (κ1) is 20.0. The Bertz CT molecular complexity index is 878. The number of nitrogens with zero attached hydrogens (tertiary/aromatic N) is 3. The van der Waals surface area contributed by atoms with E-state index < -0.39 is 0 Å². The van der Waals surface area contributed by atoms with Gasteiger partial charge in [-0.1, -0.05) is 30.0 Å². The van der Waals surface area contributed by atoms with Gasteiger partial charge >= 0.3 is 0 Å². The lowest BCUT2D eigenvalue weighted by Crippen LogP contribution is -2.37. The van der Waals surface area contributed by atoms with Crippen molar-refractivity contribution in [1.82, 2.24) is 15.1 Å². The minimum atomic E-state index is 0.0104. The lowest BCUT2D eigenvalue weighted by Gasteiger charge is -2.27. The number of nitrogens with one attached hydrogen (secondary N) is 1. The Morgan fingerprint density at radius 1 is 1.34 bits per heavy atom. The Balaban J connectivity index is 1.39. The average molecular weight is 415 g/mol. The first-order valence-electron chi connectivity index (χ1n) is 10.1. The Morgan fingerprint density at radius 3 is 2.93 bits per heavy atom. The molecule has 0 radical (unpaired) electrons. The van der Waals surface area contributed by atoms with Gasteiger partial charge in [0.1, 0.15) is 5.03 Å². The Kier molecular flexibility index (Phi) is 6.20. The molecular formula is C21H26N4O3S. The maximum atomic E-state index is 12.6. The summed E-state index contributed by atoms with van der Waals surface area (Å²) in [5, 5.41) is 8.60. The molecule has 1 aromatic heterocycles. The minimum Gasteiger partial charge on any atom is -0.376 e. The molecule has 29 heavy (non-hydrogen) atoms. The summed E-state index contributed by atoms with van der Waals surface area (Å²) >= 11 is 1.52. The van der Waals surface area contributed by atoms with Crippen LogP contribution < -0.4 is 10.2 Å². The van der Waals surface area contributed by atoms with Crippen LogP contribution in [0.15, 0.2) is 35.4 Å². The van der Waals surface area contributed by atoms with Crippen LogP contribution in [0, 0.1) is 6.92 Å². The average Bonchev–Trinajstić information content (AvgIpc) is 3.37. The molecule has 1 aromatic carbocycles. The van der Waals surface area contributed by atoms with Gasteiger partial charge < -0.3 is 15.0 Å². The highest BCUT2D eigenvalue weighted by Gasteiger charge is 2.31. The van der Waals surface area contributed by atoms with Gasteiger partial charge in [-0.15, -0.1) is 0 Å². The molecular weight excluding hydrogens is 388 g/mol. The lowest BCUT2D eigenvalue weighted by atomic mass is 10.2. The number of aromatic nitrogens is 2. The molecule has 2 aliphatic rings. The van der Waals surface area contributed by atoms with Gasteiger partial charge in [0, 0.05) is 26.1 Å². The predicted octanol–water partition coefficient (Wildman–Crippen LogP) is 2.69. The van der Waals surface area contributed by atoms with E-state index in [0.717, 1.165) is 41.5 Å². The normalized spacial score (nSPS) is 18.7. The summed E-state index contributed by atoms with van der Waals surface area (Å²) in [4.78, 5) is 26.5. The first-order valence-corrected chi connectivity index (χ1v) is 11.1. The molecule has 0 saturated carbocycles. The highest BCUT2D eigenvalue weighted by Crippen LogP contribution is 2.39. The summed E-state index contributed by atoms with van der Waals surface area (Å²) in [6.45, 7) is 3.80. The number of carbonyl (C=O) groups is 2. The van der Waals surface area contributed by atoms with Crippen molar-refractivity contribution in [2.24, 2.45) is 0 Å². The van der Waals surface area contributed by atoms with Gasteiger partial charge in [0.25, 0.3) is 0 Å². The molecule has 2 amide bonds. The number of benzene rings is 1. The zero-order valence-corrected chi connectivity index (χ0v) is 17.4. The van der Waals surface area contributed by atoms with Gasteiger partial charge in [-0.3, -0.25) is 9.59 Å². The van der Waals surface area contributed by atoms with E-state index in [2.05, 4.69) is 10.4 Å². The molecule has 0 aliphatic carbocycles. The number of aryl methyl sites for hydroxylation is 1. The molecule has 1 unspecified atom stereocenters. The van der Waals surface area contributed by atoms with Crippen molar-refractivity contribution in [2.75, 3.05) is 30.3 Å². The molecule has 1 atom stereocenters. The second-order valence-electron chi connectivity index (χ2n) is 7.36. The second kappa shape index (κ2) is 9.00. The minimum absolute atomic E-state index is 0.0104. The van der Waals surface area contributed by atoms with Crippen LogP contribution in [0.4, 0.5) is 5.69 Å². The number of amides is 2. The summed E-state index contributed by atoms with van der Waals surface area (Å²) in [5.74, 6) is 0.463. The molecule has 1 fully saturated rings. The first-order chi connectivity index (χ1) is 14.1. The van der Waals surface area contributed by atoms with E-state index >= 15 is 0 Å². The monoisotopic (exact) mass is 414 g/mol. The molecule has 0 spiro atoms. The predicted molar refractivity (Wildman–Crippen MR) is 113 cm³/mol. The summed E-state index contributed by atoms with van der Waals surface area (Å²) in [6.07, 6.45) is 3.23. The van der Waals surface area contributed by atoms with Crippen molar-refractivity contribution in [2.45, 2.75) is 43.7 Å². The number of anilines is 1.